The van der Waals surface area contributed by atoms with E-state index in [-0.39, 0.29) is 25.4 Å². The Bertz CT molecular complexity index is 817. The number of ether oxygens (including phenoxy) is 1. The first-order valence-corrected chi connectivity index (χ1v) is 8.73. The van der Waals surface area contributed by atoms with Crippen LogP contribution in [0.15, 0.2) is 48.7 Å². The summed E-state index contributed by atoms with van der Waals surface area (Å²) in [5.74, 6) is -4.98. The Kier molecular flexibility index (Phi) is 5.59. The fourth-order valence-corrected chi connectivity index (χ4v) is 3.39. The normalized spacial score (nSPS) is 22.2. The molecular weight excluding hydrogens is 368 g/mol. The molecule has 1 unspecified atom stereocenters. The van der Waals surface area contributed by atoms with E-state index in [0.717, 1.165) is 22.7 Å². The summed E-state index contributed by atoms with van der Waals surface area (Å²) in [5.41, 5.74) is 1.01. The molecule has 10 heteroatoms. The van der Waals surface area contributed by atoms with Gasteiger partial charge in [-0.2, -0.15) is 0 Å². The molecular formula is C18H22N4O6. The van der Waals surface area contributed by atoms with Crippen LogP contribution in [0.5, 0.6) is 0 Å². The first kappa shape index (κ1) is 20.1. The molecule has 0 aliphatic carbocycles. The van der Waals surface area contributed by atoms with Crippen molar-refractivity contribution in [3.05, 3.63) is 64.3 Å². The van der Waals surface area contributed by atoms with Crippen LogP contribution in [0.2, 0.25) is 0 Å². The summed E-state index contributed by atoms with van der Waals surface area (Å²) in [6, 6.07) is 11.8. The van der Waals surface area contributed by atoms with Gasteiger partial charge in [0.25, 0.3) is 11.8 Å². The topological polar surface area (TPSA) is 132 Å². The van der Waals surface area contributed by atoms with E-state index in [9.17, 15) is 25.4 Å². The third kappa shape index (κ3) is 4.11. The first-order valence-electron chi connectivity index (χ1n) is 8.73. The van der Waals surface area contributed by atoms with Gasteiger partial charge in [-0.1, -0.05) is 30.3 Å². The van der Waals surface area contributed by atoms with Crippen molar-refractivity contribution in [1.82, 2.24) is 9.88 Å². The Balaban J connectivity index is 1.92. The van der Waals surface area contributed by atoms with Gasteiger partial charge in [0.15, 0.2) is 6.20 Å². The van der Waals surface area contributed by atoms with Crippen molar-refractivity contribution in [2.24, 2.45) is 0 Å². The molecule has 2 aromatic rings. The number of hydrogen-bond acceptors (Lipinski definition) is 9. The fourth-order valence-electron chi connectivity index (χ4n) is 3.39. The van der Waals surface area contributed by atoms with Crippen LogP contribution in [0.25, 0.3) is 0 Å². The molecule has 0 saturated carbocycles. The lowest BCUT2D eigenvalue weighted by Crippen LogP contribution is -2.74. The molecule has 1 aliphatic heterocycles. The summed E-state index contributed by atoms with van der Waals surface area (Å²) in [6.07, 6.45) is 1.09. The molecule has 3 rings (SSSR count). The summed E-state index contributed by atoms with van der Waals surface area (Å²) in [7, 11) is 0. The number of hydrogen-bond donors (Lipinski definition) is 3. The number of nitrogens with zero attached hydrogens (tertiary/aromatic N) is 4. The molecule has 1 aliphatic rings. The lowest BCUT2D eigenvalue weighted by molar-refractivity contribution is -0.389. The van der Waals surface area contributed by atoms with Crippen LogP contribution >= 0.6 is 0 Å². The number of benzene rings is 1. The third-order valence-corrected chi connectivity index (χ3v) is 4.37. The Labute approximate surface area is 161 Å². The van der Waals surface area contributed by atoms with E-state index in [4.69, 9.17) is 4.74 Å². The molecule has 28 heavy (non-hydrogen) atoms. The minimum Gasteiger partial charge on any atom is -0.358 e. The van der Waals surface area contributed by atoms with Crippen LogP contribution in [0.1, 0.15) is 12.5 Å². The molecule has 0 amide bonds. The zero-order chi connectivity index (χ0) is 20.4. The third-order valence-electron chi connectivity index (χ3n) is 4.37. The Hall–Kier alpha value is -2.63. The van der Waals surface area contributed by atoms with E-state index in [0.29, 0.717) is 6.54 Å². The Morgan fingerprint density at radius 2 is 1.89 bits per heavy atom. The molecule has 150 valence electrons. The van der Waals surface area contributed by atoms with Crippen molar-refractivity contribution < 1.29 is 25.0 Å². The van der Waals surface area contributed by atoms with Crippen LogP contribution in [-0.2, 0) is 11.3 Å². The number of β-amino-alcohol motifs (C(OH)–C–C–N with tert-alkyl or cyclic N) is 3. The maximum absolute atomic E-state index is 11.1. The monoisotopic (exact) mass is 390 g/mol. The lowest BCUT2D eigenvalue weighted by atomic mass is 10.1. The molecule has 1 fully saturated rings. The highest BCUT2D eigenvalue weighted by atomic mass is 16.7. The average molecular weight is 390 g/mol. The van der Waals surface area contributed by atoms with Gasteiger partial charge in [0.2, 0.25) is 0 Å². The van der Waals surface area contributed by atoms with Gasteiger partial charge in [-0.15, -0.1) is 0 Å². The maximum Gasteiger partial charge on any atom is 0.363 e. The van der Waals surface area contributed by atoms with Crippen molar-refractivity contribution in [3.8, 4) is 0 Å². The second-order valence-corrected chi connectivity index (χ2v) is 6.55. The molecule has 0 bridgehead atoms. The summed E-state index contributed by atoms with van der Waals surface area (Å²) < 4.78 is 5.48. The number of aliphatic hydroxyl groups is 3. The summed E-state index contributed by atoms with van der Waals surface area (Å²) in [4.78, 5) is 16.4. The molecule has 1 saturated heterocycles. The molecule has 0 radical (unpaired) electrons. The SMILES string of the molecule is CCOC1(O)CN(Cc2ccccc2)CC(O)(O)N1c1ccc([N+](=O)[O-])nc1. The van der Waals surface area contributed by atoms with Gasteiger partial charge in [0.05, 0.1) is 18.8 Å². The van der Waals surface area contributed by atoms with Crippen molar-refractivity contribution in [2.45, 2.75) is 25.3 Å². The molecule has 1 aromatic carbocycles. The number of nitro groups is 1. The van der Waals surface area contributed by atoms with E-state index in [1.165, 1.54) is 6.07 Å². The maximum atomic E-state index is 11.1. The van der Waals surface area contributed by atoms with Crippen molar-refractivity contribution in [3.63, 3.8) is 0 Å². The van der Waals surface area contributed by atoms with Crippen molar-refractivity contribution in [1.29, 1.82) is 0 Å². The average Bonchev–Trinajstić information content (AvgIpc) is 2.61. The van der Waals surface area contributed by atoms with Gasteiger partial charge in [-0.3, -0.25) is 9.80 Å². The van der Waals surface area contributed by atoms with Crippen LogP contribution < -0.4 is 4.90 Å². The molecule has 1 aromatic heterocycles. The number of aromatic nitrogens is 1. The zero-order valence-electron chi connectivity index (χ0n) is 15.3. The van der Waals surface area contributed by atoms with Gasteiger partial charge in [0.1, 0.15) is 0 Å². The lowest BCUT2D eigenvalue weighted by Gasteiger charge is -2.53. The van der Waals surface area contributed by atoms with Gasteiger partial charge in [-0.05, 0) is 28.5 Å². The molecule has 10 nitrogen and oxygen atoms in total. The smallest absolute Gasteiger partial charge is 0.358 e. The molecule has 2 heterocycles. The number of piperazine rings is 1. The second-order valence-electron chi connectivity index (χ2n) is 6.55. The van der Waals surface area contributed by atoms with Gasteiger partial charge in [0, 0.05) is 19.2 Å². The minimum absolute atomic E-state index is 0.0460. The molecule has 1 atom stereocenters. The van der Waals surface area contributed by atoms with Crippen molar-refractivity contribution >= 4 is 11.5 Å². The molecule has 3 N–H and O–H groups in total. The van der Waals surface area contributed by atoms with E-state index in [1.807, 2.05) is 30.3 Å². The van der Waals surface area contributed by atoms with Gasteiger partial charge < -0.3 is 30.2 Å². The highest BCUT2D eigenvalue weighted by Crippen LogP contribution is 2.35. The Morgan fingerprint density at radius 3 is 2.46 bits per heavy atom. The fraction of sp³-hybridized carbons (Fsp3) is 0.389. The van der Waals surface area contributed by atoms with E-state index in [2.05, 4.69) is 4.98 Å². The highest BCUT2D eigenvalue weighted by molar-refractivity contribution is 5.50. The highest BCUT2D eigenvalue weighted by Gasteiger charge is 2.54. The largest absolute Gasteiger partial charge is 0.363 e. The summed E-state index contributed by atoms with van der Waals surface area (Å²) in [5, 5.41) is 43.4. The quantitative estimate of drug-likeness (QED) is 0.369. The van der Waals surface area contributed by atoms with Crippen LogP contribution in [-0.4, -0.2) is 61.6 Å². The number of pyridine rings is 1. The van der Waals surface area contributed by atoms with E-state index < -0.39 is 22.6 Å². The minimum atomic E-state index is -2.51. The van der Waals surface area contributed by atoms with Gasteiger partial charge in [-0.25, -0.2) is 0 Å². The van der Waals surface area contributed by atoms with Crippen molar-refractivity contribution in [2.75, 3.05) is 24.6 Å². The van der Waals surface area contributed by atoms with Crippen LogP contribution in [0.4, 0.5) is 11.5 Å². The van der Waals surface area contributed by atoms with E-state index in [1.54, 1.807) is 11.8 Å². The predicted octanol–water partition coefficient (Wildman–Crippen LogP) is 0.633. The summed E-state index contributed by atoms with van der Waals surface area (Å²) >= 11 is 0. The first-order chi connectivity index (χ1) is 13.2. The number of anilines is 1. The Morgan fingerprint density at radius 1 is 1.18 bits per heavy atom. The summed E-state index contributed by atoms with van der Waals surface area (Å²) in [6.45, 7) is 1.87. The number of rotatable bonds is 6. The van der Waals surface area contributed by atoms with E-state index >= 15 is 0 Å². The predicted molar refractivity (Wildman–Crippen MR) is 98.8 cm³/mol. The van der Waals surface area contributed by atoms with Gasteiger partial charge >= 0.3 is 5.82 Å². The second kappa shape index (κ2) is 7.78. The van der Waals surface area contributed by atoms with Crippen LogP contribution in [0.3, 0.4) is 0 Å². The van der Waals surface area contributed by atoms with Crippen LogP contribution in [0, 0.1) is 10.1 Å². The molecule has 0 spiro atoms. The standard InChI is InChI=1S/C18H22N4O6/c1-2-28-18(25)13-20(11-14-6-4-3-5-7-14)12-17(23,24)21(18)15-8-9-16(19-10-15)22(26)27/h3-10,23-25H,2,11-13H2,1H3. The zero-order valence-corrected chi connectivity index (χ0v) is 15.3.